The number of aliphatic hydroxyl groups is 1. The number of hydrogen-bond acceptors (Lipinski definition) is 3. The molecule has 1 N–H and O–H groups in total. The molecule has 4 unspecified atom stereocenters. The minimum absolute atomic E-state index is 0.0857. The summed E-state index contributed by atoms with van der Waals surface area (Å²) in [5.41, 5.74) is 0. The lowest BCUT2D eigenvalue weighted by Crippen LogP contribution is -2.26. The number of aliphatic hydroxyl groups excluding tert-OH is 1. The third-order valence-corrected chi connectivity index (χ3v) is 4.67. The highest BCUT2D eigenvalue weighted by molar-refractivity contribution is 5.90. The zero-order valence-electron chi connectivity index (χ0n) is 11.5. The fourth-order valence-corrected chi connectivity index (χ4v) is 3.55. The standard InChI is InChI=1S/C18H16O3/c19-17-12-8-9-14(17)15(10-12)18(20)21-16-7-3-5-11-4-1-2-6-13(11)16/h1-9,12,14-15,17,19H,10H2. The minimum Gasteiger partial charge on any atom is -0.426 e. The summed E-state index contributed by atoms with van der Waals surface area (Å²) in [6.07, 6.45) is 4.23. The highest BCUT2D eigenvalue weighted by atomic mass is 16.5. The van der Waals surface area contributed by atoms with E-state index in [-0.39, 0.29) is 23.7 Å². The molecule has 0 spiro atoms. The fourth-order valence-electron chi connectivity index (χ4n) is 3.55. The SMILES string of the molecule is O=C(Oc1cccc2ccccc12)C1CC2C=CC1C2O. The van der Waals surface area contributed by atoms with Crippen LogP contribution in [0.4, 0.5) is 0 Å². The molecule has 0 heterocycles. The first-order valence-corrected chi connectivity index (χ1v) is 7.30. The van der Waals surface area contributed by atoms with Crippen LogP contribution in [0.2, 0.25) is 0 Å². The molecule has 1 fully saturated rings. The van der Waals surface area contributed by atoms with Gasteiger partial charge in [0.1, 0.15) is 5.75 Å². The van der Waals surface area contributed by atoms with Gasteiger partial charge in [0.15, 0.2) is 0 Å². The van der Waals surface area contributed by atoms with Gasteiger partial charge >= 0.3 is 5.97 Å². The van der Waals surface area contributed by atoms with Crippen LogP contribution in [-0.2, 0) is 4.79 Å². The van der Waals surface area contributed by atoms with E-state index in [1.54, 1.807) is 0 Å². The summed E-state index contributed by atoms with van der Waals surface area (Å²) >= 11 is 0. The fraction of sp³-hybridized carbons (Fsp3) is 0.278. The van der Waals surface area contributed by atoms with Crippen molar-refractivity contribution in [1.82, 2.24) is 0 Å². The normalized spacial score (nSPS) is 30.0. The van der Waals surface area contributed by atoms with Gasteiger partial charge in [0.05, 0.1) is 12.0 Å². The van der Waals surface area contributed by atoms with Crippen molar-refractivity contribution in [3.05, 3.63) is 54.6 Å². The van der Waals surface area contributed by atoms with E-state index in [2.05, 4.69) is 0 Å². The highest BCUT2D eigenvalue weighted by Crippen LogP contribution is 2.44. The third-order valence-electron chi connectivity index (χ3n) is 4.67. The topological polar surface area (TPSA) is 46.5 Å². The lowest BCUT2D eigenvalue weighted by molar-refractivity contribution is -0.140. The van der Waals surface area contributed by atoms with Crippen molar-refractivity contribution in [2.24, 2.45) is 17.8 Å². The van der Waals surface area contributed by atoms with Crippen LogP contribution in [-0.4, -0.2) is 17.2 Å². The molecular formula is C18H16O3. The molecule has 3 nitrogen and oxygen atoms in total. The molecule has 0 amide bonds. The average Bonchev–Trinajstić information content (AvgIpc) is 3.03. The largest absolute Gasteiger partial charge is 0.426 e. The minimum atomic E-state index is -0.421. The van der Waals surface area contributed by atoms with Crippen molar-refractivity contribution in [3.8, 4) is 5.75 Å². The molecule has 2 aromatic rings. The summed E-state index contributed by atoms with van der Waals surface area (Å²) in [5.74, 6) is 0.160. The Morgan fingerprint density at radius 3 is 2.67 bits per heavy atom. The van der Waals surface area contributed by atoms with Gasteiger partial charge in [-0.3, -0.25) is 4.79 Å². The Balaban J connectivity index is 1.61. The summed E-state index contributed by atoms with van der Waals surface area (Å²) in [7, 11) is 0. The molecule has 2 aliphatic rings. The van der Waals surface area contributed by atoms with Gasteiger partial charge in [-0.25, -0.2) is 0 Å². The number of hydrogen-bond donors (Lipinski definition) is 1. The Bertz CT molecular complexity index is 729. The molecule has 4 rings (SSSR count). The van der Waals surface area contributed by atoms with Crippen molar-refractivity contribution in [2.45, 2.75) is 12.5 Å². The second-order valence-electron chi connectivity index (χ2n) is 5.86. The number of fused-ring (bicyclic) bond motifs is 3. The van der Waals surface area contributed by atoms with Crippen LogP contribution in [0.25, 0.3) is 10.8 Å². The first-order valence-electron chi connectivity index (χ1n) is 7.30. The first kappa shape index (κ1) is 12.6. The van der Waals surface area contributed by atoms with Crippen LogP contribution in [0.15, 0.2) is 54.6 Å². The number of carbonyl (C=O) groups excluding carboxylic acids is 1. The molecule has 106 valence electrons. The number of benzene rings is 2. The van der Waals surface area contributed by atoms with Gasteiger partial charge in [-0.05, 0) is 17.9 Å². The van der Waals surface area contributed by atoms with E-state index in [0.29, 0.717) is 12.2 Å². The second-order valence-corrected chi connectivity index (χ2v) is 5.86. The van der Waals surface area contributed by atoms with Crippen molar-refractivity contribution in [1.29, 1.82) is 0 Å². The van der Waals surface area contributed by atoms with Crippen LogP contribution < -0.4 is 4.74 Å². The van der Waals surface area contributed by atoms with E-state index in [1.165, 1.54) is 0 Å². The van der Waals surface area contributed by atoms with Gasteiger partial charge in [0.2, 0.25) is 0 Å². The quantitative estimate of drug-likeness (QED) is 0.522. The maximum atomic E-state index is 12.4. The molecule has 0 aromatic heterocycles. The Hall–Kier alpha value is -2.13. The number of esters is 1. The molecule has 0 aliphatic heterocycles. The maximum Gasteiger partial charge on any atom is 0.315 e. The van der Waals surface area contributed by atoms with Gasteiger partial charge < -0.3 is 9.84 Å². The number of ether oxygens (including phenoxy) is 1. The number of carbonyl (C=O) groups is 1. The maximum absolute atomic E-state index is 12.4. The Labute approximate surface area is 122 Å². The molecular weight excluding hydrogens is 264 g/mol. The molecule has 2 aliphatic carbocycles. The average molecular weight is 280 g/mol. The number of rotatable bonds is 2. The summed E-state index contributed by atoms with van der Waals surface area (Å²) < 4.78 is 5.63. The molecule has 2 aromatic carbocycles. The molecule has 1 saturated carbocycles. The Kier molecular flexibility index (Phi) is 2.82. The van der Waals surface area contributed by atoms with Crippen molar-refractivity contribution >= 4 is 16.7 Å². The van der Waals surface area contributed by atoms with E-state index in [0.717, 1.165) is 10.8 Å². The van der Waals surface area contributed by atoms with E-state index >= 15 is 0 Å². The van der Waals surface area contributed by atoms with Crippen molar-refractivity contribution < 1.29 is 14.6 Å². The van der Waals surface area contributed by atoms with Crippen LogP contribution in [0, 0.1) is 17.8 Å². The van der Waals surface area contributed by atoms with Crippen LogP contribution in [0.3, 0.4) is 0 Å². The van der Waals surface area contributed by atoms with Gasteiger partial charge in [0, 0.05) is 17.2 Å². The Morgan fingerprint density at radius 1 is 1.10 bits per heavy atom. The summed E-state index contributed by atoms with van der Waals surface area (Å²) in [4.78, 5) is 12.4. The first-order chi connectivity index (χ1) is 10.2. The van der Waals surface area contributed by atoms with Crippen molar-refractivity contribution in [3.63, 3.8) is 0 Å². The second kappa shape index (κ2) is 4.71. The van der Waals surface area contributed by atoms with Gasteiger partial charge in [-0.1, -0.05) is 48.6 Å². The van der Waals surface area contributed by atoms with E-state index in [9.17, 15) is 9.90 Å². The zero-order chi connectivity index (χ0) is 14.4. The highest BCUT2D eigenvalue weighted by Gasteiger charge is 2.47. The molecule has 0 radical (unpaired) electrons. The van der Waals surface area contributed by atoms with Gasteiger partial charge in [-0.2, -0.15) is 0 Å². The monoisotopic (exact) mass is 280 g/mol. The molecule has 4 atom stereocenters. The molecule has 3 heteroatoms. The van der Waals surface area contributed by atoms with Crippen LogP contribution in [0.5, 0.6) is 5.75 Å². The zero-order valence-corrected chi connectivity index (χ0v) is 11.5. The predicted molar refractivity (Wildman–Crippen MR) is 79.8 cm³/mol. The van der Waals surface area contributed by atoms with Gasteiger partial charge in [0.25, 0.3) is 0 Å². The molecule has 2 bridgehead atoms. The predicted octanol–water partition coefficient (Wildman–Crippen LogP) is 2.93. The smallest absolute Gasteiger partial charge is 0.315 e. The lowest BCUT2D eigenvalue weighted by atomic mass is 9.93. The molecule has 21 heavy (non-hydrogen) atoms. The van der Waals surface area contributed by atoms with Crippen molar-refractivity contribution in [2.75, 3.05) is 0 Å². The summed E-state index contributed by atoms with van der Waals surface area (Å²) in [6, 6.07) is 13.6. The third kappa shape index (κ3) is 1.96. The van der Waals surface area contributed by atoms with Crippen LogP contribution >= 0.6 is 0 Å². The molecule has 0 saturated heterocycles. The summed E-state index contributed by atoms with van der Waals surface area (Å²) in [6.45, 7) is 0. The van der Waals surface area contributed by atoms with Crippen LogP contribution in [0.1, 0.15) is 6.42 Å². The van der Waals surface area contributed by atoms with E-state index < -0.39 is 6.10 Å². The summed E-state index contributed by atoms with van der Waals surface area (Å²) in [5, 5.41) is 12.0. The van der Waals surface area contributed by atoms with E-state index in [4.69, 9.17) is 4.74 Å². The van der Waals surface area contributed by atoms with E-state index in [1.807, 2.05) is 54.6 Å². The van der Waals surface area contributed by atoms with Gasteiger partial charge in [-0.15, -0.1) is 0 Å². The lowest BCUT2D eigenvalue weighted by Gasteiger charge is -2.17. The Morgan fingerprint density at radius 2 is 1.90 bits per heavy atom.